The second-order valence-electron chi connectivity index (χ2n) is 4.93. The maximum Gasteiger partial charge on any atom is 0.259 e. The van der Waals surface area contributed by atoms with Gasteiger partial charge in [0.1, 0.15) is 5.56 Å². The van der Waals surface area contributed by atoms with Gasteiger partial charge >= 0.3 is 0 Å². The van der Waals surface area contributed by atoms with Crippen molar-refractivity contribution in [2.24, 2.45) is 0 Å². The Bertz CT molecular complexity index is 606. The van der Waals surface area contributed by atoms with Gasteiger partial charge in [0.25, 0.3) is 5.91 Å². The molecule has 0 radical (unpaired) electrons. The highest BCUT2D eigenvalue weighted by Gasteiger charge is 2.27. The van der Waals surface area contributed by atoms with Crippen molar-refractivity contribution in [2.75, 3.05) is 20.2 Å². The minimum absolute atomic E-state index is 0.0353. The molecule has 0 saturated carbocycles. The van der Waals surface area contributed by atoms with E-state index in [0.29, 0.717) is 24.5 Å². The maximum absolute atomic E-state index is 12.5. The molecule has 110 valence electrons. The van der Waals surface area contributed by atoms with Crippen LogP contribution in [-0.4, -0.2) is 51.0 Å². The summed E-state index contributed by atoms with van der Waals surface area (Å²) < 4.78 is 5.15. The summed E-state index contributed by atoms with van der Waals surface area (Å²) in [6.07, 6.45) is 6.67. The van der Waals surface area contributed by atoms with E-state index in [1.165, 1.54) is 7.11 Å². The zero-order valence-electron chi connectivity index (χ0n) is 11.8. The Morgan fingerprint density at radius 3 is 2.62 bits per heavy atom. The molecule has 7 nitrogen and oxygen atoms in total. The molecular weight excluding hydrogens is 270 g/mol. The van der Waals surface area contributed by atoms with E-state index in [-0.39, 0.29) is 11.9 Å². The predicted molar refractivity (Wildman–Crippen MR) is 75.0 cm³/mol. The van der Waals surface area contributed by atoms with Crippen molar-refractivity contribution in [1.29, 1.82) is 0 Å². The van der Waals surface area contributed by atoms with Gasteiger partial charge in [0, 0.05) is 19.3 Å². The lowest BCUT2D eigenvalue weighted by Crippen LogP contribution is -2.39. The molecule has 3 rings (SSSR count). The van der Waals surface area contributed by atoms with Crippen molar-refractivity contribution in [3.63, 3.8) is 0 Å². The monoisotopic (exact) mass is 287 g/mol. The summed E-state index contributed by atoms with van der Waals surface area (Å²) in [4.78, 5) is 20.2. The van der Waals surface area contributed by atoms with Crippen LogP contribution < -0.4 is 4.74 Å². The lowest BCUT2D eigenvalue weighted by atomic mass is 10.0. The minimum Gasteiger partial charge on any atom is -0.480 e. The number of amides is 1. The Hall–Kier alpha value is -2.44. The van der Waals surface area contributed by atoms with Crippen LogP contribution in [0.5, 0.6) is 5.88 Å². The predicted octanol–water partition coefficient (Wildman–Crippen LogP) is 1.16. The summed E-state index contributed by atoms with van der Waals surface area (Å²) >= 11 is 0. The van der Waals surface area contributed by atoms with Crippen LogP contribution in [0.15, 0.2) is 30.7 Å². The molecule has 0 aromatic carbocycles. The first-order valence-electron chi connectivity index (χ1n) is 6.93. The number of hydrogen-bond acceptors (Lipinski definition) is 5. The van der Waals surface area contributed by atoms with Crippen molar-refractivity contribution in [1.82, 2.24) is 24.9 Å². The van der Waals surface area contributed by atoms with Crippen molar-refractivity contribution < 1.29 is 9.53 Å². The molecule has 0 spiro atoms. The van der Waals surface area contributed by atoms with Crippen LogP contribution in [0.3, 0.4) is 0 Å². The van der Waals surface area contributed by atoms with E-state index in [1.54, 1.807) is 35.5 Å². The van der Waals surface area contributed by atoms with Crippen molar-refractivity contribution in [2.45, 2.75) is 18.9 Å². The van der Waals surface area contributed by atoms with Gasteiger partial charge in [-0.25, -0.2) is 4.98 Å². The zero-order chi connectivity index (χ0) is 14.7. The number of carbonyl (C=O) groups is 1. The molecule has 0 N–H and O–H groups in total. The topological polar surface area (TPSA) is 73.1 Å². The molecule has 0 bridgehead atoms. The van der Waals surface area contributed by atoms with E-state index >= 15 is 0 Å². The average Bonchev–Trinajstić information content (AvgIpc) is 3.09. The third kappa shape index (κ3) is 2.72. The van der Waals surface area contributed by atoms with E-state index in [1.807, 2.05) is 4.90 Å². The lowest BCUT2D eigenvalue weighted by molar-refractivity contribution is 0.0679. The summed E-state index contributed by atoms with van der Waals surface area (Å²) in [5.41, 5.74) is 0.510. The smallest absolute Gasteiger partial charge is 0.259 e. The molecule has 7 heteroatoms. The number of pyridine rings is 1. The molecule has 1 aliphatic rings. The molecule has 0 unspecified atom stereocenters. The van der Waals surface area contributed by atoms with Gasteiger partial charge in [-0.15, -0.1) is 0 Å². The van der Waals surface area contributed by atoms with Crippen molar-refractivity contribution in [3.8, 4) is 5.88 Å². The van der Waals surface area contributed by atoms with Gasteiger partial charge in [0.15, 0.2) is 0 Å². The number of rotatable bonds is 3. The van der Waals surface area contributed by atoms with E-state index < -0.39 is 0 Å². The third-order valence-corrected chi connectivity index (χ3v) is 3.71. The van der Waals surface area contributed by atoms with Crippen LogP contribution in [-0.2, 0) is 0 Å². The molecular formula is C14H17N5O2. The highest BCUT2D eigenvalue weighted by Crippen LogP contribution is 2.24. The second-order valence-corrected chi connectivity index (χ2v) is 4.93. The zero-order valence-corrected chi connectivity index (χ0v) is 11.8. The maximum atomic E-state index is 12.5. The van der Waals surface area contributed by atoms with Crippen LogP contribution in [0.4, 0.5) is 0 Å². The minimum atomic E-state index is -0.0353. The van der Waals surface area contributed by atoms with E-state index in [4.69, 9.17) is 4.74 Å². The number of nitrogens with zero attached hydrogens (tertiary/aromatic N) is 5. The van der Waals surface area contributed by atoms with E-state index in [9.17, 15) is 4.79 Å². The van der Waals surface area contributed by atoms with Gasteiger partial charge in [-0.1, -0.05) is 0 Å². The third-order valence-electron chi connectivity index (χ3n) is 3.71. The normalized spacial score (nSPS) is 16.0. The number of piperidine rings is 1. The van der Waals surface area contributed by atoms with Crippen LogP contribution in [0.2, 0.25) is 0 Å². The molecule has 0 atom stereocenters. The number of ether oxygens (including phenoxy) is 1. The number of likely N-dealkylation sites (tertiary alicyclic amines) is 1. The van der Waals surface area contributed by atoms with Gasteiger partial charge < -0.3 is 9.64 Å². The Morgan fingerprint density at radius 1 is 1.24 bits per heavy atom. The van der Waals surface area contributed by atoms with Gasteiger partial charge in [-0.3, -0.25) is 4.79 Å². The fraction of sp³-hybridized carbons (Fsp3) is 0.429. The number of hydrogen-bond donors (Lipinski definition) is 0. The first-order chi connectivity index (χ1) is 10.3. The van der Waals surface area contributed by atoms with E-state index in [0.717, 1.165) is 12.8 Å². The van der Waals surface area contributed by atoms with Crippen LogP contribution in [0.25, 0.3) is 0 Å². The first kappa shape index (κ1) is 13.5. The molecule has 1 fully saturated rings. The summed E-state index contributed by atoms with van der Waals surface area (Å²) in [6.45, 7) is 1.37. The fourth-order valence-electron chi connectivity index (χ4n) is 2.60. The van der Waals surface area contributed by atoms with Gasteiger partial charge in [-0.2, -0.15) is 15.0 Å². The van der Waals surface area contributed by atoms with Crippen LogP contribution in [0, 0.1) is 0 Å². The molecule has 1 aliphatic heterocycles. The molecule has 21 heavy (non-hydrogen) atoms. The Kier molecular flexibility index (Phi) is 3.81. The summed E-state index contributed by atoms with van der Waals surface area (Å²) in [5, 5.41) is 8.33. The van der Waals surface area contributed by atoms with Crippen molar-refractivity contribution >= 4 is 5.91 Å². The van der Waals surface area contributed by atoms with Gasteiger partial charge in [0.2, 0.25) is 5.88 Å². The summed E-state index contributed by atoms with van der Waals surface area (Å²) in [6, 6.07) is 3.76. The second kappa shape index (κ2) is 5.90. The fourth-order valence-corrected chi connectivity index (χ4v) is 2.60. The summed E-state index contributed by atoms with van der Waals surface area (Å²) in [5.74, 6) is 0.338. The highest BCUT2D eigenvalue weighted by atomic mass is 16.5. The van der Waals surface area contributed by atoms with Crippen LogP contribution in [0.1, 0.15) is 29.2 Å². The molecule has 1 saturated heterocycles. The Labute approximate surface area is 122 Å². The Morgan fingerprint density at radius 2 is 1.95 bits per heavy atom. The van der Waals surface area contributed by atoms with Gasteiger partial charge in [0.05, 0.1) is 25.5 Å². The Balaban J connectivity index is 1.68. The molecule has 2 aromatic rings. The largest absolute Gasteiger partial charge is 0.480 e. The lowest BCUT2D eigenvalue weighted by Gasteiger charge is -2.31. The molecule has 2 aromatic heterocycles. The number of carbonyl (C=O) groups excluding carboxylic acids is 1. The van der Waals surface area contributed by atoms with Crippen molar-refractivity contribution in [3.05, 3.63) is 36.3 Å². The van der Waals surface area contributed by atoms with Crippen LogP contribution >= 0.6 is 0 Å². The number of aromatic nitrogens is 4. The average molecular weight is 287 g/mol. The van der Waals surface area contributed by atoms with Gasteiger partial charge in [-0.05, 0) is 25.0 Å². The molecule has 1 amide bonds. The highest BCUT2D eigenvalue weighted by molar-refractivity contribution is 5.96. The molecule has 3 heterocycles. The van der Waals surface area contributed by atoms with E-state index in [2.05, 4.69) is 15.2 Å². The standard InChI is InChI=1S/C14H17N5O2/c1-21-13-12(3-2-6-15-13)14(20)18-9-4-11(5-10-18)19-16-7-8-17-19/h2-3,6-8,11H,4-5,9-10H2,1H3. The number of methoxy groups -OCH3 is 1. The quantitative estimate of drug-likeness (QED) is 0.847. The SMILES string of the molecule is COc1ncccc1C(=O)N1CCC(n2nccn2)CC1. The molecule has 0 aliphatic carbocycles. The summed E-state index contributed by atoms with van der Waals surface area (Å²) in [7, 11) is 1.52. The first-order valence-corrected chi connectivity index (χ1v) is 6.93.